The lowest BCUT2D eigenvalue weighted by Crippen LogP contribution is -2.32. The number of rotatable bonds is 13. The molecule has 0 atom stereocenters. The van der Waals surface area contributed by atoms with Crippen molar-refractivity contribution in [1.82, 2.24) is 30.1 Å². The highest BCUT2D eigenvalue weighted by molar-refractivity contribution is 5.94. The molecule has 0 radical (unpaired) electrons. The summed E-state index contributed by atoms with van der Waals surface area (Å²) in [7, 11) is 3.03. The average molecular weight is 486 g/mol. The van der Waals surface area contributed by atoms with E-state index in [0.29, 0.717) is 42.3 Å². The summed E-state index contributed by atoms with van der Waals surface area (Å²) in [6.45, 7) is 0.585. The number of aryl methyl sites for hydroxylation is 1. The van der Waals surface area contributed by atoms with Crippen LogP contribution >= 0.6 is 0 Å². The lowest BCUT2D eigenvalue weighted by Gasteiger charge is -2.10. The number of nitrogens with zero attached hydrogens (tertiary/aromatic N) is 5. The molecule has 0 unspecified atom stereocenters. The minimum atomic E-state index is -1.06. The van der Waals surface area contributed by atoms with Crippen LogP contribution in [0.4, 0.5) is 5.69 Å². The Kier molecular flexibility index (Phi) is 8.76. The third-order valence-electron chi connectivity index (χ3n) is 4.96. The standard InChI is InChI=1S/C22H27N7O6/c1-34-17-9-15(10-18(11-17)35-2)25-21(31)12-23-20(30)5-3-4-8-28-13-16(26-27-28)14-29-19(22(32)33)6-7-24-29/h6-7,9-11,13H,3-5,8,12,14H2,1-2H3,(H,23,30)(H,25,31)(H,32,33). The number of benzene rings is 1. The summed E-state index contributed by atoms with van der Waals surface area (Å²) in [5.41, 5.74) is 1.15. The van der Waals surface area contributed by atoms with E-state index in [4.69, 9.17) is 14.6 Å². The van der Waals surface area contributed by atoms with E-state index in [1.807, 2.05) is 0 Å². The van der Waals surface area contributed by atoms with Crippen molar-refractivity contribution in [2.45, 2.75) is 32.4 Å². The Hall–Kier alpha value is -4.42. The number of carbonyl (C=O) groups is 3. The molecule has 0 aliphatic heterocycles. The van der Waals surface area contributed by atoms with Gasteiger partial charge in [-0.15, -0.1) is 5.10 Å². The lowest BCUT2D eigenvalue weighted by atomic mass is 10.2. The number of ether oxygens (including phenoxy) is 2. The highest BCUT2D eigenvalue weighted by atomic mass is 16.5. The van der Waals surface area contributed by atoms with Crippen LogP contribution in [0.2, 0.25) is 0 Å². The molecular weight excluding hydrogens is 458 g/mol. The summed E-state index contributed by atoms with van der Waals surface area (Å²) in [5.74, 6) is -0.593. The van der Waals surface area contributed by atoms with Crippen molar-refractivity contribution in [3.8, 4) is 11.5 Å². The summed E-state index contributed by atoms with van der Waals surface area (Å²) >= 11 is 0. The van der Waals surface area contributed by atoms with Crippen molar-refractivity contribution in [3.05, 3.63) is 48.0 Å². The molecule has 3 aromatic rings. The first-order valence-electron chi connectivity index (χ1n) is 10.8. The number of amides is 2. The first-order valence-corrected chi connectivity index (χ1v) is 10.8. The fourth-order valence-electron chi connectivity index (χ4n) is 3.23. The maximum absolute atomic E-state index is 12.1. The van der Waals surface area contributed by atoms with E-state index in [0.717, 1.165) is 0 Å². The van der Waals surface area contributed by atoms with Gasteiger partial charge in [0.2, 0.25) is 11.8 Å². The van der Waals surface area contributed by atoms with Gasteiger partial charge in [-0.05, 0) is 18.9 Å². The zero-order valence-electron chi connectivity index (χ0n) is 19.4. The van der Waals surface area contributed by atoms with E-state index < -0.39 is 5.97 Å². The molecule has 186 valence electrons. The Labute approximate surface area is 201 Å². The molecule has 0 saturated carbocycles. The monoisotopic (exact) mass is 485 g/mol. The minimum Gasteiger partial charge on any atom is -0.497 e. The van der Waals surface area contributed by atoms with E-state index in [1.165, 1.54) is 31.2 Å². The molecule has 35 heavy (non-hydrogen) atoms. The van der Waals surface area contributed by atoms with Crippen molar-refractivity contribution in [2.24, 2.45) is 0 Å². The highest BCUT2D eigenvalue weighted by Crippen LogP contribution is 2.25. The molecular formula is C22H27N7O6. The second-order valence-corrected chi connectivity index (χ2v) is 7.54. The predicted octanol–water partition coefficient (Wildman–Crippen LogP) is 1.16. The van der Waals surface area contributed by atoms with Gasteiger partial charge in [0.25, 0.3) is 0 Å². The zero-order valence-corrected chi connectivity index (χ0v) is 19.4. The fraction of sp³-hybridized carbons (Fsp3) is 0.364. The number of anilines is 1. The quantitative estimate of drug-likeness (QED) is 0.302. The van der Waals surface area contributed by atoms with Gasteiger partial charge in [-0.3, -0.25) is 19.0 Å². The number of aromatic nitrogens is 5. The van der Waals surface area contributed by atoms with E-state index in [9.17, 15) is 14.4 Å². The molecule has 0 aliphatic carbocycles. The molecule has 3 rings (SSSR count). The summed E-state index contributed by atoms with van der Waals surface area (Å²) < 4.78 is 13.3. The molecule has 0 spiro atoms. The van der Waals surface area contributed by atoms with Crippen LogP contribution in [0.5, 0.6) is 11.5 Å². The molecule has 0 saturated heterocycles. The number of hydrogen-bond acceptors (Lipinski definition) is 8. The third-order valence-corrected chi connectivity index (χ3v) is 4.96. The molecule has 2 heterocycles. The van der Waals surface area contributed by atoms with Crippen LogP contribution in [0, 0.1) is 0 Å². The number of hydrogen-bond donors (Lipinski definition) is 3. The topological polar surface area (TPSA) is 162 Å². The summed E-state index contributed by atoms with van der Waals surface area (Å²) in [4.78, 5) is 35.4. The first-order chi connectivity index (χ1) is 16.9. The maximum atomic E-state index is 12.1. The van der Waals surface area contributed by atoms with Gasteiger partial charge < -0.3 is 25.2 Å². The smallest absolute Gasteiger partial charge is 0.354 e. The van der Waals surface area contributed by atoms with Crippen LogP contribution in [0.25, 0.3) is 0 Å². The number of carboxylic acid groups (broad SMARTS) is 1. The number of carboxylic acids is 1. The number of carbonyl (C=O) groups excluding carboxylic acids is 2. The van der Waals surface area contributed by atoms with Gasteiger partial charge in [-0.2, -0.15) is 5.10 Å². The van der Waals surface area contributed by atoms with E-state index in [2.05, 4.69) is 26.0 Å². The zero-order chi connectivity index (χ0) is 25.2. The second kappa shape index (κ2) is 12.2. The number of unbranched alkanes of at least 4 members (excludes halogenated alkanes) is 1. The molecule has 13 nitrogen and oxygen atoms in total. The Bertz CT molecular complexity index is 1150. The normalized spacial score (nSPS) is 10.6. The van der Waals surface area contributed by atoms with Gasteiger partial charge in [-0.1, -0.05) is 5.21 Å². The van der Waals surface area contributed by atoms with Gasteiger partial charge in [0, 0.05) is 43.0 Å². The van der Waals surface area contributed by atoms with Crippen molar-refractivity contribution in [3.63, 3.8) is 0 Å². The molecule has 2 amide bonds. The van der Waals surface area contributed by atoms with Gasteiger partial charge >= 0.3 is 5.97 Å². The summed E-state index contributed by atoms with van der Waals surface area (Å²) in [6.07, 6.45) is 4.66. The van der Waals surface area contributed by atoms with Crippen molar-refractivity contribution in [2.75, 3.05) is 26.1 Å². The summed E-state index contributed by atoms with van der Waals surface area (Å²) in [5, 5.41) is 26.5. The van der Waals surface area contributed by atoms with Gasteiger partial charge in [0.1, 0.15) is 22.9 Å². The van der Waals surface area contributed by atoms with Crippen LogP contribution < -0.4 is 20.1 Å². The average Bonchev–Trinajstić information content (AvgIpc) is 3.50. The van der Waals surface area contributed by atoms with Crippen LogP contribution in [0.1, 0.15) is 35.4 Å². The first kappa shape index (κ1) is 25.2. The second-order valence-electron chi connectivity index (χ2n) is 7.54. The van der Waals surface area contributed by atoms with E-state index in [-0.39, 0.29) is 37.0 Å². The lowest BCUT2D eigenvalue weighted by molar-refractivity contribution is -0.124. The molecule has 0 bridgehead atoms. The van der Waals surface area contributed by atoms with Crippen molar-refractivity contribution < 1.29 is 29.0 Å². The molecule has 3 N–H and O–H groups in total. The van der Waals surface area contributed by atoms with E-state index in [1.54, 1.807) is 29.1 Å². The number of nitrogens with one attached hydrogen (secondary N) is 2. The van der Waals surface area contributed by atoms with Crippen molar-refractivity contribution in [1.29, 1.82) is 0 Å². The van der Waals surface area contributed by atoms with Crippen LogP contribution in [-0.2, 0) is 22.7 Å². The number of methoxy groups -OCH3 is 2. The summed E-state index contributed by atoms with van der Waals surface area (Å²) in [6, 6.07) is 6.40. The SMILES string of the molecule is COc1cc(NC(=O)CNC(=O)CCCCn2cc(Cn3nccc3C(=O)O)nn2)cc(OC)c1. The molecule has 1 aromatic carbocycles. The largest absolute Gasteiger partial charge is 0.497 e. The Morgan fingerprint density at radius 3 is 2.49 bits per heavy atom. The van der Waals surface area contributed by atoms with Crippen molar-refractivity contribution >= 4 is 23.5 Å². The van der Waals surface area contributed by atoms with Crippen LogP contribution in [0.3, 0.4) is 0 Å². The molecule has 0 aliphatic rings. The number of aromatic carboxylic acids is 1. The minimum absolute atomic E-state index is 0.0717. The molecule has 0 fully saturated rings. The Morgan fingerprint density at radius 1 is 1.06 bits per heavy atom. The van der Waals surface area contributed by atoms with Gasteiger partial charge in [0.15, 0.2) is 0 Å². The van der Waals surface area contributed by atoms with Gasteiger partial charge in [0.05, 0.1) is 33.5 Å². The molecule has 13 heteroatoms. The predicted molar refractivity (Wildman–Crippen MR) is 123 cm³/mol. The van der Waals surface area contributed by atoms with Gasteiger partial charge in [-0.25, -0.2) is 4.79 Å². The third kappa shape index (κ3) is 7.55. The highest BCUT2D eigenvalue weighted by Gasteiger charge is 2.12. The maximum Gasteiger partial charge on any atom is 0.354 e. The van der Waals surface area contributed by atoms with E-state index >= 15 is 0 Å². The van der Waals surface area contributed by atoms with Crippen LogP contribution in [0.15, 0.2) is 36.7 Å². The van der Waals surface area contributed by atoms with Crippen LogP contribution in [-0.4, -0.2) is 68.4 Å². The fourth-order valence-corrected chi connectivity index (χ4v) is 3.23. The molecule has 2 aromatic heterocycles. The Morgan fingerprint density at radius 2 is 1.80 bits per heavy atom. The Balaban J connectivity index is 1.35.